The quantitative estimate of drug-likeness (QED) is 0.353. The maximum atomic E-state index is 13.2. The van der Waals surface area contributed by atoms with Gasteiger partial charge >= 0.3 is 5.97 Å². The van der Waals surface area contributed by atoms with Crippen LogP contribution in [0.2, 0.25) is 0 Å². The molecule has 1 heterocycles. The number of piperidine rings is 1. The molecule has 2 aliphatic carbocycles. The lowest BCUT2D eigenvalue weighted by Gasteiger charge is -2.35. The molecule has 1 saturated heterocycles. The van der Waals surface area contributed by atoms with Gasteiger partial charge in [0.1, 0.15) is 5.82 Å². The molecule has 0 radical (unpaired) electrons. The lowest BCUT2D eigenvalue weighted by Crippen LogP contribution is -2.38. The lowest BCUT2D eigenvalue weighted by atomic mass is 9.85. The van der Waals surface area contributed by atoms with Gasteiger partial charge in [-0.15, -0.1) is 0 Å². The van der Waals surface area contributed by atoms with Crippen LogP contribution in [0.5, 0.6) is 0 Å². The highest BCUT2D eigenvalue weighted by molar-refractivity contribution is 7.91. The van der Waals surface area contributed by atoms with Gasteiger partial charge in [-0.2, -0.15) is 0 Å². The van der Waals surface area contributed by atoms with Crippen LogP contribution in [0.4, 0.5) is 4.39 Å². The first-order chi connectivity index (χ1) is 18.3. The number of benzene rings is 2. The molecule has 1 N–H and O–H groups in total. The maximum absolute atomic E-state index is 13.2. The minimum Gasteiger partial charge on any atom is -0.481 e. The van der Waals surface area contributed by atoms with Gasteiger partial charge in [0.05, 0.1) is 16.6 Å². The van der Waals surface area contributed by atoms with Crippen LogP contribution in [0.15, 0.2) is 59.5 Å². The van der Waals surface area contributed by atoms with Gasteiger partial charge in [0.25, 0.3) is 0 Å². The van der Waals surface area contributed by atoms with Crippen molar-refractivity contribution in [2.75, 3.05) is 25.4 Å². The lowest BCUT2D eigenvalue weighted by molar-refractivity contribution is -0.144. The van der Waals surface area contributed by atoms with Gasteiger partial charge in [0.15, 0.2) is 9.84 Å². The Labute approximate surface area is 226 Å². The number of rotatable bonds is 11. The zero-order valence-corrected chi connectivity index (χ0v) is 22.9. The van der Waals surface area contributed by atoms with Crippen molar-refractivity contribution in [3.63, 3.8) is 0 Å². The Hall–Kier alpha value is -2.25. The molecule has 1 aliphatic heterocycles. The molecule has 0 spiro atoms. The van der Waals surface area contributed by atoms with E-state index in [1.165, 1.54) is 42.7 Å². The first-order valence-corrected chi connectivity index (χ1v) is 15.9. The van der Waals surface area contributed by atoms with Gasteiger partial charge in [-0.25, -0.2) is 12.8 Å². The average Bonchev–Trinajstić information content (AvgIpc) is 3.65. The van der Waals surface area contributed by atoms with E-state index in [0.29, 0.717) is 30.1 Å². The maximum Gasteiger partial charge on any atom is 0.306 e. The zero-order valence-electron chi connectivity index (χ0n) is 22.1. The van der Waals surface area contributed by atoms with Crippen molar-refractivity contribution in [2.24, 2.45) is 29.6 Å². The van der Waals surface area contributed by atoms with Gasteiger partial charge in [-0.05, 0) is 111 Å². The van der Waals surface area contributed by atoms with E-state index in [4.69, 9.17) is 0 Å². The second kappa shape index (κ2) is 11.9. The molecule has 38 heavy (non-hydrogen) atoms. The fraction of sp³-hybridized carbons (Fsp3) is 0.581. The molecule has 0 aromatic heterocycles. The molecular weight excluding hydrogens is 501 g/mol. The first-order valence-electron chi connectivity index (χ1n) is 14.3. The third-order valence-corrected chi connectivity index (χ3v) is 11.1. The van der Waals surface area contributed by atoms with Gasteiger partial charge in [0, 0.05) is 6.54 Å². The number of hydrogen-bond donors (Lipinski definition) is 1. The number of carboxylic acids is 1. The molecule has 5 nitrogen and oxygen atoms in total. The minimum absolute atomic E-state index is 0.0985. The second-order valence-electron chi connectivity index (χ2n) is 11.9. The first kappa shape index (κ1) is 27.3. The van der Waals surface area contributed by atoms with Crippen LogP contribution in [0.1, 0.15) is 62.8 Å². The van der Waals surface area contributed by atoms with Crippen molar-refractivity contribution >= 4 is 15.8 Å². The summed E-state index contributed by atoms with van der Waals surface area (Å²) in [7, 11) is -3.40. The fourth-order valence-electron chi connectivity index (χ4n) is 6.89. The van der Waals surface area contributed by atoms with Crippen molar-refractivity contribution in [3.8, 4) is 0 Å². The Morgan fingerprint density at radius 1 is 0.947 bits per heavy atom. The average molecular weight is 542 g/mol. The summed E-state index contributed by atoms with van der Waals surface area (Å²) in [5.41, 5.74) is 1.33. The summed E-state index contributed by atoms with van der Waals surface area (Å²) in [5, 5.41) is 10.0. The third kappa shape index (κ3) is 6.84. The standard InChI is InChI=1S/C31H40FNO4S/c32-27-8-10-28(11-9-27)38(36,37)17-14-22-12-15-33(16-13-22)21-26-19-25(30(31(34)35)18-23-6-7-23)20-29(26)24-4-2-1-3-5-24/h1-5,8-11,22-23,25-26,29-30H,6-7,12-21H2,(H,34,35)/t25?,26-,29-,30?/m1/s1. The Morgan fingerprint density at radius 3 is 2.26 bits per heavy atom. The van der Waals surface area contributed by atoms with Crippen LogP contribution >= 0.6 is 0 Å². The predicted octanol–water partition coefficient (Wildman–Crippen LogP) is 6.01. The van der Waals surface area contributed by atoms with Crippen LogP contribution in [0.3, 0.4) is 0 Å². The number of carboxylic acid groups (broad SMARTS) is 1. The van der Waals surface area contributed by atoms with Crippen LogP contribution in [0, 0.1) is 35.4 Å². The van der Waals surface area contributed by atoms with E-state index in [0.717, 1.165) is 51.7 Å². The molecule has 2 saturated carbocycles. The molecule has 206 valence electrons. The molecular formula is C31H40FNO4S. The molecule has 0 bridgehead atoms. The van der Waals surface area contributed by atoms with E-state index in [-0.39, 0.29) is 22.5 Å². The Bertz CT molecular complexity index is 1170. The summed E-state index contributed by atoms with van der Waals surface area (Å²) in [4.78, 5) is 14.9. The Kier molecular flexibility index (Phi) is 8.53. The molecule has 7 heteroatoms. The summed E-state index contributed by atoms with van der Waals surface area (Å²) >= 11 is 0. The molecule has 5 rings (SSSR count). The molecule has 3 aliphatic rings. The van der Waals surface area contributed by atoms with Crippen LogP contribution in [0.25, 0.3) is 0 Å². The smallest absolute Gasteiger partial charge is 0.306 e. The summed E-state index contributed by atoms with van der Waals surface area (Å²) in [6.07, 6.45) is 7.71. The fourth-order valence-corrected chi connectivity index (χ4v) is 8.32. The zero-order chi connectivity index (χ0) is 26.7. The summed E-state index contributed by atoms with van der Waals surface area (Å²) < 4.78 is 38.5. The summed E-state index contributed by atoms with van der Waals surface area (Å²) in [6, 6.07) is 15.7. The van der Waals surface area contributed by atoms with E-state index < -0.39 is 21.6 Å². The molecule has 3 fully saturated rings. The number of nitrogens with zero attached hydrogens (tertiary/aromatic N) is 1. The molecule has 2 unspecified atom stereocenters. The van der Waals surface area contributed by atoms with E-state index in [2.05, 4.69) is 29.2 Å². The van der Waals surface area contributed by atoms with Crippen molar-refractivity contribution < 1.29 is 22.7 Å². The number of carbonyl (C=O) groups is 1. The van der Waals surface area contributed by atoms with Gasteiger partial charge in [-0.1, -0.05) is 43.2 Å². The largest absolute Gasteiger partial charge is 0.481 e. The van der Waals surface area contributed by atoms with E-state index in [1.54, 1.807) is 0 Å². The third-order valence-electron chi connectivity index (χ3n) is 9.30. The van der Waals surface area contributed by atoms with Crippen molar-refractivity contribution in [2.45, 2.75) is 62.2 Å². The van der Waals surface area contributed by atoms with Crippen LogP contribution in [-0.4, -0.2) is 49.8 Å². The van der Waals surface area contributed by atoms with Gasteiger partial charge in [0.2, 0.25) is 0 Å². The van der Waals surface area contributed by atoms with Crippen molar-refractivity contribution in [1.82, 2.24) is 4.90 Å². The van der Waals surface area contributed by atoms with Crippen LogP contribution in [-0.2, 0) is 14.6 Å². The SMILES string of the molecule is O=C(O)C(CC1CC1)C1C[C@H](CN2CCC(CCS(=O)(=O)c3ccc(F)cc3)CC2)[C@@H](c2ccccc2)C1. The highest BCUT2D eigenvalue weighted by Crippen LogP contribution is 2.49. The van der Waals surface area contributed by atoms with E-state index >= 15 is 0 Å². The van der Waals surface area contributed by atoms with Gasteiger partial charge in [-0.3, -0.25) is 4.79 Å². The van der Waals surface area contributed by atoms with Crippen molar-refractivity contribution in [3.05, 3.63) is 66.0 Å². The Morgan fingerprint density at radius 2 is 1.63 bits per heavy atom. The topological polar surface area (TPSA) is 74.7 Å². The number of aliphatic carboxylic acids is 1. The summed E-state index contributed by atoms with van der Waals surface area (Å²) in [6.45, 7) is 2.88. The normalized spacial score (nSPS) is 25.9. The number of likely N-dealkylation sites (tertiary alicyclic amines) is 1. The van der Waals surface area contributed by atoms with Crippen LogP contribution < -0.4 is 0 Å². The molecule has 0 amide bonds. The highest BCUT2D eigenvalue weighted by atomic mass is 32.2. The second-order valence-corrected chi connectivity index (χ2v) is 14.0. The molecule has 2 aromatic carbocycles. The predicted molar refractivity (Wildman–Crippen MR) is 146 cm³/mol. The Balaban J connectivity index is 1.17. The number of halogens is 1. The summed E-state index contributed by atoms with van der Waals surface area (Å²) in [5.74, 6) is 0.867. The highest BCUT2D eigenvalue weighted by Gasteiger charge is 2.43. The number of sulfone groups is 1. The molecule has 4 atom stereocenters. The van der Waals surface area contributed by atoms with Gasteiger partial charge < -0.3 is 10.0 Å². The molecule has 2 aromatic rings. The number of hydrogen-bond acceptors (Lipinski definition) is 4. The monoisotopic (exact) mass is 541 g/mol. The minimum atomic E-state index is -3.40. The van der Waals surface area contributed by atoms with E-state index in [9.17, 15) is 22.7 Å². The van der Waals surface area contributed by atoms with E-state index in [1.807, 2.05) is 6.07 Å². The van der Waals surface area contributed by atoms with Crippen molar-refractivity contribution in [1.29, 1.82) is 0 Å².